The minimum Gasteiger partial charge on any atom is -0.338 e. The second kappa shape index (κ2) is 7.30. The van der Waals surface area contributed by atoms with E-state index in [1.807, 2.05) is 30.1 Å². The molecule has 0 aliphatic carbocycles. The van der Waals surface area contributed by atoms with E-state index in [1.165, 1.54) is 22.3 Å². The number of aromatic nitrogens is 3. The number of hydrogen-bond donors (Lipinski definition) is 1. The predicted molar refractivity (Wildman–Crippen MR) is 102 cm³/mol. The van der Waals surface area contributed by atoms with Crippen molar-refractivity contribution in [2.45, 2.75) is 27.3 Å². The normalized spacial score (nSPS) is 10.6. The van der Waals surface area contributed by atoms with Crippen molar-refractivity contribution in [2.24, 2.45) is 0 Å². The van der Waals surface area contributed by atoms with Gasteiger partial charge in [-0.25, -0.2) is 0 Å². The van der Waals surface area contributed by atoms with Crippen LogP contribution in [0.5, 0.6) is 0 Å². The van der Waals surface area contributed by atoms with Gasteiger partial charge in [0, 0.05) is 19.3 Å². The highest BCUT2D eigenvalue weighted by atomic mass is 15.3. The molecule has 0 atom stereocenters. The molecule has 3 aromatic rings. The second-order valence-corrected chi connectivity index (χ2v) is 6.38. The largest absolute Gasteiger partial charge is 0.338 e. The van der Waals surface area contributed by atoms with Gasteiger partial charge in [-0.2, -0.15) is 10.1 Å². The summed E-state index contributed by atoms with van der Waals surface area (Å²) in [5, 5.41) is 11.7. The lowest BCUT2D eigenvalue weighted by molar-refractivity contribution is 0.831. The summed E-state index contributed by atoms with van der Waals surface area (Å²) in [6, 6.07) is 14.6. The van der Waals surface area contributed by atoms with E-state index < -0.39 is 0 Å². The molecule has 0 unspecified atom stereocenters. The van der Waals surface area contributed by atoms with Gasteiger partial charge in [-0.05, 0) is 37.5 Å². The zero-order valence-corrected chi connectivity index (χ0v) is 15.1. The summed E-state index contributed by atoms with van der Waals surface area (Å²) in [6.45, 7) is 7.03. The fourth-order valence-corrected chi connectivity index (χ4v) is 2.95. The first-order valence-corrected chi connectivity index (χ1v) is 8.32. The minimum atomic E-state index is 0.594. The maximum Gasteiger partial charge on any atom is 0.247 e. The predicted octanol–water partition coefficient (Wildman–Crippen LogP) is 4.18. The number of anilines is 3. The van der Waals surface area contributed by atoms with Gasteiger partial charge < -0.3 is 10.2 Å². The quantitative estimate of drug-likeness (QED) is 0.759. The van der Waals surface area contributed by atoms with Crippen LogP contribution in [0, 0.1) is 20.8 Å². The Morgan fingerprint density at radius 1 is 1.00 bits per heavy atom. The third-order valence-corrected chi connectivity index (χ3v) is 4.08. The van der Waals surface area contributed by atoms with E-state index in [4.69, 9.17) is 0 Å². The second-order valence-electron chi connectivity index (χ2n) is 6.38. The van der Waals surface area contributed by atoms with Gasteiger partial charge in [0.2, 0.25) is 5.95 Å². The van der Waals surface area contributed by atoms with E-state index in [2.05, 4.69) is 65.5 Å². The average molecular weight is 333 g/mol. The Balaban J connectivity index is 1.80. The van der Waals surface area contributed by atoms with E-state index in [-0.39, 0.29) is 0 Å². The first-order chi connectivity index (χ1) is 12.0. The summed E-state index contributed by atoms with van der Waals surface area (Å²) >= 11 is 0. The molecule has 0 bridgehead atoms. The Kier molecular flexibility index (Phi) is 4.93. The zero-order chi connectivity index (χ0) is 17.8. The molecule has 5 nitrogen and oxygen atoms in total. The number of rotatable bonds is 5. The van der Waals surface area contributed by atoms with Crippen molar-refractivity contribution < 1.29 is 0 Å². The molecule has 1 N–H and O–H groups in total. The summed E-state index contributed by atoms with van der Waals surface area (Å²) in [5.41, 5.74) is 5.91. The zero-order valence-electron chi connectivity index (χ0n) is 15.1. The summed E-state index contributed by atoms with van der Waals surface area (Å²) in [6.07, 6.45) is 1.65. The smallest absolute Gasteiger partial charge is 0.247 e. The first kappa shape index (κ1) is 16.9. The van der Waals surface area contributed by atoms with Crippen molar-refractivity contribution in [2.75, 3.05) is 17.3 Å². The van der Waals surface area contributed by atoms with Crippen LogP contribution in [0.2, 0.25) is 0 Å². The lowest BCUT2D eigenvalue weighted by atomic mass is 10.1. The van der Waals surface area contributed by atoms with E-state index in [9.17, 15) is 0 Å². The molecule has 1 aromatic heterocycles. The number of nitrogens with zero attached hydrogens (tertiary/aromatic N) is 4. The highest BCUT2D eigenvalue weighted by Crippen LogP contribution is 2.25. The SMILES string of the molecule is Cc1cc(C)c(Nc2cnnc(N(C)Cc3ccccc3)n2)c(C)c1. The number of benzene rings is 2. The monoisotopic (exact) mass is 333 g/mol. The van der Waals surface area contributed by atoms with Crippen molar-refractivity contribution in [3.8, 4) is 0 Å². The summed E-state index contributed by atoms with van der Waals surface area (Å²) in [5.74, 6) is 1.29. The van der Waals surface area contributed by atoms with Gasteiger partial charge in [0.15, 0.2) is 5.82 Å². The molecule has 0 aliphatic rings. The maximum absolute atomic E-state index is 4.61. The molecule has 1 heterocycles. The Morgan fingerprint density at radius 3 is 2.36 bits per heavy atom. The molecule has 3 rings (SSSR count). The van der Waals surface area contributed by atoms with Crippen molar-refractivity contribution in [1.82, 2.24) is 15.2 Å². The molecule has 5 heteroatoms. The van der Waals surface area contributed by atoms with Crippen LogP contribution in [0.3, 0.4) is 0 Å². The van der Waals surface area contributed by atoms with Crippen molar-refractivity contribution in [3.05, 3.63) is 70.9 Å². The summed E-state index contributed by atoms with van der Waals surface area (Å²) in [4.78, 5) is 6.60. The summed E-state index contributed by atoms with van der Waals surface area (Å²) < 4.78 is 0. The van der Waals surface area contributed by atoms with Gasteiger partial charge in [0.1, 0.15) is 0 Å². The van der Waals surface area contributed by atoms with Gasteiger partial charge in [-0.3, -0.25) is 0 Å². The molecular formula is C20H23N5. The molecule has 0 aliphatic heterocycles. The van der Waals surface area contributed by atoms with Crippen LogP contribution in [-0.2, 0) is 6.54 Å². The van der Waals surface area contributed by atoms with Crippen LogP contribution in [-0.4, -0.2) is 22.2 Å². The number of nitrogens with one attached hydrogen (secondary N) is 1. The van der Waals surface area contributed by atoms with Crippen LogP contribution < -0.4 is 10.2 Å². The molecule has 2 aromatic carbocycles. The van der Waals surface area contributed by atoms with Gasteiger partial charge in [0.25, 0.3) is 0 Å². The molecule has 25 heavy (non-hydrogen) atoms. The third kappa shape index (κ3) is 4.12. The molecule has 0 saturated carbocycles. The highest BCUT2D eigenvalue weighted by molar-refractivity contribution is 5.65. The van der Waals surface area contributed by atoms with Crippen LogP contribution >= 0.6 is 0 Å². The highest BCUT2D eigenvalue weighted by Gasteiger charge is 2.09. The lowest BCUT2D eigenvalue weighted by Gasteiger charge is -2.18. The Hall–Kier alpha value is -2.95. The van der Waals surface area contributed by atoms with Crippen LogP contribution in [0.15, 0.2) is 48.7 Å². The van der Waals surface area contributed by atoms with E-state index in [0.29, 0.717) is 11.8 Å². The van der Waals surface area contributed by atoms with Crippen molar-refractivity contribution in [3.63, 3.8) is 0 Å². The molecule has 0 fully saturated rings. The van der Waals surface area contributed by atoms with Gasteiger partial charge >= 0.3 is 0 Å². The minimum absolute atomic E-state index is 0.594. The Bertz CT molecular complexity index is 838. The van der Waals surface area contributed by atoms with Crippen LogP contribution in [0.4, 0.5) is 17.5 Å². The van der Waals surface area contributed by atoms with Gasteiger partial charge in [-0.1, -0.05) is 48.0 Å². The maximum atomic E-state index is 4.61. The van der Waals surface area contributed by atoms with E-state index in [0.717, 1.165) is 12.2 Å². The topological polar surface area (TPSA) is 53.9 Å². The average Bonchev–Trinajstić information content (AvgIpc) is 2.59. The summed E-state index contributed by atoms with van der Waals surface area (Å²) in [7, 11) is 1.97. The molecular weight excluding hydrogens is 310 g/mol. The Morgan fingerprint density at radius 2 is 1.68 bits per heavy atom. The van der Waals surface area contributed by atoms with Crippen LogP contribution in [0.25, 0.3) is 0 Å². The van der Waals surface area contributed by atoms with Gasteiger partial charge in [-0.15, -0.1) is 5.10 Å². The number of hydrogen-bond acceptors (Lipinski definition) is 5. The van der Waals surface area contributed by atoms with Gasteiger partial charge in [0.05, 0.1) is 6.20 Å². The lowest BCUT2D eigenvalue weighted by Crippen LogP contribution is -2.20. The molecule has 0 saturated heterocycles. The fraction of sp³-hybridized carbons (Fsp3) is 0.250. The molecule has 0 radical (unpaired) electrons. The van der Waals surface area contributed by atoms with E-state index >= 15 is 0 Å². The van der Waals surface area contributed by atoms with Crippen LogP contribution in [0.1, 0.15) is 22.3 Å². The van der Waals surface area contributed by atoms with Crippen molar-refractivity contribution >= 4 is 17.5 Å². The Labute approximate surface area is 148 Å². The van der Waals surface area contributed by atoms with E-state index in [1.54, 1.807) is 6.20 Å². The third-order valence-electron chi connectivity index (χ3n) is 4.08. The molecule has 0 spiro atoms. The number of aryl methyl sites for hydroxylation is 3. The van der Waals surface area contributed by atoms with Crippen molar-refractivity contribution in [1.29, 1.82) is 0 Å². The first-order valence-electron chi connectivity index (χ1n) is 8.32. The standard InChI is InChI=1S/C20H23N5/c1-14-10-15(2)19(16(3)11-14)22-18-12-21-24-20(23-18)25(4)13-17-8-6-5-7-9-17/h5-12H,13H2,1-4H3,(H,22,23,24). The molecule has 128 valence electrons. The fourth-order valence-electron chi connectivity index (χ4n) is 2.95. The molecule has 0 amide bonds.